The molecule has 1 atom stereocenters. The van der Waals surface area contributed by atoms with Gasteiger partial charge in [0.05, 0.1) is 18.2 Å². The fourth-order valence-electron chi connectivity index (χ4n) is 3.13. The maximum atomic E-state index is 13.0. The Morgan fingerprint density at radius 2 is 1.64 bits per heavy atom. The van der Waals surface area contributed by atoms with Crippen LogP contribution in [0.4, 0.5) is 4.39 Å². The third kappa shape index (κ3) is 1.96. The second-order valence-electron chi connectivity index (χ2n) is 5.67. The van der Waals surface area contributed by atoms with Gasteiger partial charge in [0.1, 0.15) is 11.4 Å². The van der Waals surface area contributed by atoms with Crippen molar-refractivity contribution in [2.24, 2.45) is 0 Å². The van der Waals surface area contributed by atoms with E-state index in [-0.39, 0.29) is 5.82 Å². The van der Waals surface area contributed by atoms with Crippen LogP contribution in [-0.4, -0.2) is 14.7 Å². The summed E-state index contributed by atoms with van der Waals surface area (Å²) >= 11 is 0. The average molecular weight is 294 g/mol. The van der Waals surface area contributed by atoms with E-state index in [4.69, 9.17) is 0 Å². The molecule has 0 radical (unpaired) electrons. The highest BCUT2D eigenvalue weighted by atomic mass is 19.1. The topological polar surface area (TPSA) is 38.0 Å². The lowest BCUT2D eigenvalue weighted by Crippen LogP contribution is -2.23. The predicted molar refractivity (Wildman–Crippen MR) is 81.7 cm³/mol. The van der Waals surface area contributed by atoms with Crippen LogP contribution in [0.1, 0.15) is 17.7 Å². The van der Waals surface area contributed by atoms with Crippen LogP contribution in [0, 0.1) is 5.82 Å². The van der Waals surface area contributed by atoms with Crippen molar-refractivity contribution in [3.8, 4) is 11.1 Å². The zero-order valence-electron chi connectivity index (χ0n) is 11.9. The molecule has 4 heteroatoms. The Labute approximate surface area is 127 Å². The van der Waals surface area contributed by atoms with Gasteiger partial charge >= 0.3 is 0 Å². The van der Waals surface area contributed by atoms with Gasteiger partial charge in [0.15, 0.2) is 0 Å². The Morgan fingerprint density at radius 1 is 1.00 bits per heavy atom. The van der Waals surface area contributed by atoms with Gasteiger partial charge in [0, 0.05) is 13.0 Å². The number of benzene rings is 2. The lowest BCUT2D eigenvalue weighted by Gasteiger charge is -2.22. The summed E-state index contributed by atoms with van der Waals surface area (Å²) < 4.78 is 15.0. The van der Waals surface area contributed by atoms with Crippen molar-refractivity contribution < 1.29 is 9.50 Å². The first-order chi connectivity index (χ1) is 10.7. The van der Waals surface area contributed by atoms with E-state index in [2.05, 4.69) is 4.98 Å². The molecule has 3 aromatic rings. The van der Waals surface area contributed by atoms with E-state index in [1.54, 1.807) is 24.7 Å². The predicted octanol–water partition coefficient (Wildman–Crippen LogP) is 3.33. The van der Waals surface area contributed by atoms with Crippen molar-refractivity contribution in [2.45, 2.75) is 18.6 Å². The quantitative estimate of drug-likeness (QED) is 0.787. The summed E-state index contributed by atoms with van der Waals surface area (Å²) in [5.74, 6) is -0.242. The maximum Gasteiger partial charge on any atom is 0.133 e. The number of aromatic nitrogens is 2. The monoisotopic (exact) mass is 294 g/mol. The van der Waals surface area contributed by atoms with Crippen LogP contribution >= 0.6 is 0 Å². The number of fused-ring (bicyclic) bond motifs is 1. The van der Waals surface area contributed by atoms with E-state index >= 15 is 0 Å². The average Bonchev–Trinajstić information content (AvgIpc) is 3.13. The van der Waals surface area contributed by atoms with Gasteiger partial charge in [-0.1, -0.05) is 36.4 Å². The lowest BCUT2D eigenvalue weighted by atomic mass is 9.89. The van der Waals surface area contributed by atoms with Crippen molar-refractivity contribution in [1.82, 2.24) is 9.55 Å². The Hall–Kier alpha value is -2.46. The van der Waals surface area contributed by atoms with Gasteiger partial charge in [-0.15, -0.1) is 0 Å². The van der Waals surface area contributed by atoms with E-state index in [0.717, 1.165) is 28.9 Å². The number of nitrogens with zero attached hydrogens (tertiary/aromatic N) is 2. The Balaban J connectivity index is 1.70. The molecule has 0 aliphatic carbocycles. The normalized spacial score (nSPS) is 20.1. The molecule has 22 heavy (non-hydrogen) atoms. The molecular formula is C18H15FN2O. The summed E-state index contributed by atoms with van der Waals surface area (Å²) in [5, 5.41) is 11.0. The zero-order valence-corrected chi connectivity index (χ0v) is 11.9. The molecule has 4 rings (SSSR count). The fraction of sp³-hybridized carbons (Fsp3) is 0.167. The minimum Gasteiger partial charge on any atom is -0.379 e. The van der Waals surface area contributed by atoms with Crippen LogP contribution in [-0.2, 0) is 12.1 Å². The van der Waals surface area contributed by atoms with Crippen molar-refractivity contribution in [3.63, 3.8) is 0 Å². The van der Waals surface area contributed by atoms with Gasteiger partial charge in [-0.2, -0.15) is 0 Å². The summed E-state index contributed by atoms with van der Waals surface area (Å²) in [7, 11) is 0. The molecule has 0 spiro atoms. The standard InChI is InChI=1S/C18H15FN2O/c19-16-7-3-14(4-8-16)13-1-5-15(6-2-13)18(22)9-10-21-12-20-11-17(18)21/h1-8,11-12,22H,9-10H2/t18-/m1/s1. The molecular weight excluding hydrogens is 279 g/mol. The molecule has 0 amide bonds. The first-order valence-corrected chi connectivity index (χ1v) is 7.26. The third-order valence-corrected chi connectivity index (χ3v) is 4.39. The first-order valence-electron chi connectivity index (χ1n) is 7.26. The highest BCUT2D eigenvalue weighted by Crippen LogP contribution is 2.38. The molecule has 1 aliphatic rings. The molecule has 0 fully saturated rings. The second kappa shape index (κ2) is 4.78. The molecule has 0 bridgehead atoms. The van der Waals surface area contributed by atoms with Crippen molar-refractivity contribution in [1.29, 1.82) is 0 Å². The molecule has 0 saturated carbocycles. The van der Waals surface area contributed by atoms with E-state index < -0.39 is 5.60 Å². The van der Waals surface area contributed by atoms with Crippen LogP contribution < -0.4 is 0 Å². The van der Waals surface area contributed by atoms with E-state index in [1.807, 2.05) is 28.8 Å². The molecule has 1 aromatic heterocycles. The van der Waals surface area contributed by atoms with Gasteiger partial charge in [0.2, 0.25) is 0 Å². The minimum atomic E-state index is -0.974. The first kappa shape index (κ1) is 13.2. The van der Waals surface area contributed by atoms with Crippen LogP contribution in [0.15, 0.2) is 61.1 Å². The van der Waals surface area contributed by atoms with Gasteiger partial charge in [0.25, 0.3) is 0 Å². The Morgan fingerprint density at radius 3 is 2.32 bits per heavy atom. The van der Waals surface area contributed by atoms with Crippen LogP contribution in [0.25, 0.3) is 11.1 Å². The second-order valence-corrected chi connectivity index (χ2v) is 5.67. The van der Waals surface area contributed by atoms with E-state index in [1.165, 1.54) is 12.1 Å². The van der Waals surface area contributed by atoms with Gasteiger partial charge in [-0.3, -0.25) is 0 Å². The highest BCUT2D eigenvalue weighted by molar-refractivity contribution is 5.64. The fourth-order valence-corrected chi connectivity index (χ4v) is 3.13. The summed E-state index contributed by atoms with van der Waals surface area (Å²) in [6, 6.07) is 14.2. The van der Waals surface area contributed by atoms with Crippen molar-refractivity contribution in [2.75, 3.05) is 0 Å². The number of imidazole rings is 1. The Bertz CT molecular complexity index is 808. The van der Waals surface area contributed by atoms with Crippen molar-refractivity contribution >= 4 is 0 Å². The summed E-state index contributed by atoms with van der Waals surface area (Å²) in [4.78, 5) is 4.11. The molecule has 0 unspecified atom stereocenters. The lowest BCUT2D eigenvalue weighted by molar-refractivity contribution is 0.0825. The van der Waals surface area contributed by atoms with Crippen LogP contribution in [0.2, 0.25) is 0 Å². The number of aliphatic hydroxyl groups is 1. The molecule has 3 nitrogen and oxygen atoms in total. The summed E-state index contributed by atoms with van der Waals surface area (Å²) in [6.45, 7) is 0.769. The van der Waals surface area contributed by atoms with E-state index in [0.29, 0.717) is 6.42 Å². The van der Waals surface area contributed by atoms with Crippen molar-refractivity contribution in [3.05, 3.63) is 78.1 Å². The number of aryl methyl sites for hydroxylation is 1. The molecule has 0 saturated heterocycles. The third-order valence-electron chi connectivity index (χ3n) is 4.39. The summed E-state index contributed by atoms with van der Waals surface area (Å²) in [5.41, 5.74) is 2.67. The smallest absolute Gasteiger partial charge is 0.133 e. The minimum absolute atomic E-state index is 0.242. The molecule has 1 N–H and O–H groups in total. The Kier molecular flexibility index (Phi) is 2.87. The summed E-state index contributed by atoms with van der Waals surface area (Å²) in [6.07, 6.45) is 4.13. The van der Waals surface area contributed by atoms with Crippen LogP contribution in [0.3, 0.4) is 0 Å². The van der Waals surface area contributed by atoms with Gasteiger partial charge < -0.3 is 9.67 Å². The molecule has 2 heterocycles. The number of halogens is 1. The largest absolute Gasteiger partial charge is 0.379 e. The number of rotatable bonds is 2. The van der Waals surface area contributed by atoms with Crippen LogP contribution in [0.5, 0.6) is 0 Å². The molecule has 110 valence electrons. The maximum absolute atomic E-state index is 13.0. The zero-order chi connectivity index (χ0) is 15.2. The number of hydrogen-bond acceptors (Lipinski definition) is 2. The SMILES string of the molecule is O[C@@]1(c2ccc(-c3ccc(F)cc3)cc2)CCn2cncc21. The van der Waals surface area contributed by atoms with Gasteiger partial charge in [-0.25, -0.2) is 9.37 Å². The molecule has 2 aromatic carbocycles. The molecule has 1 aliphatic heterocycles. The van der Waals surface area contributed by atoms with E-state index in [9.17, 15) is 9.50 Å². The number of hydrogen-bond donors (Lipinski definition) is 1. The van der Waals surface area contributed by atoms with Gasteiger partial charge in [-0.05, 0) is 28.8 Å². The highest BCUT2D eigenvalue weighted by Gasteiger charge is 2.39.